The molecule has 0 aromatic heterocycles. The van der Waals surface area contributed by atoms with Crippen LogP contribution in [0.2, 0.25) is 5.02 Å². The van der Waals surface area contributed by atoms with Gasteiger partial charge in [0, 0.05) is 10.6 Å². The smallest absolute Gasteiger partial charge is 0.198 e. The molecule has 0 amide bonds. The van der Waals surface area contributed by atoms with Crippen molar-refractivity contribution in [1.82, 2.24) is 0 Å². The lowest BCUT2D eigenvalue weighted by Gasteiger charge is -2.40. The molecule has 1 aliphatic heterocycles. The van der Waals surface area contributed by atoms with Crippen LogP contribution in [-0.4, -0.2) is 22.1 Å². The van der Waals surface area contributed by atoms with Crippen LogP contribution in [0, 0.1) is 6.92 Å². The first-order chi connectivity index (χ1) is 13.0. The topological polar surface area (TPSA) is 46.5 Å². The molecule has 3 nitrogen and oxygen atoms in total. The summed E-state index contributed by atoms with van der Waals surface area (Å²) in [4.78, 5) is 13.1. The summed E-state index contributed by atoms with van der Waals surface area (Å²) in [6.07, 6.45) is 0.721. The van der Waals surface area contributed by atoms with Crippen molar-refractivity contribution in [2.75, 3.05) is 0 Å². The van der Waals surface area contributed by atoms with Gasteiger partial charge in [0.15, 0.2) is 5.78 Å². The fourth-order valence-electron chi connectivity index (χ4n) is 3.85. The Bertz CT molecular complexity index is 983. The zero-order chi connectivity index (χ0) is 20.9. The number of Topliss-reactive ketones (excluding diaryl/α,β-unsaturated/α-hetero) is 1. The van der Waals surface area contributed by atoms with Gasteiger partial charge in [-0.15, -0.1) is 0 Å². The monoisotopic (exact) mass is 398 g/mol. The lowest BCUT2D eigenvalue weighted by molar-refractivity contribution is -0.158. The van der Waals surface area contributed by atoms with Crippen molar-refractivity contribution >= 4 is 23.0 Å². The molecule has 0 bridgehead atoms. The second kappa shape index (κ2) is 7.06. The molecule has 3 rings (SSSR count). The van der Waals surface area contributed by atoms with Crippen molar-refractivity contribution in [2.24, 2.45) is 0 Å². The first kappa shape index (κ1) is 20.6. The lowest BCUT2D eigenvalue weighted by Crippen LogP contribution is -2.49. The van der Waals surface area contributed by atoms with Gasteiger partial charge < -0.3 is 9.84 Å². The van der Waals surface area contributed by atoms with Crippen molar-refractivity contribution in [3.05, 3.63) is 63.9 Å². The summed E-state index contributed by atoms with van der Waals surface area (Å²) < 4.78 is 5.86. The standard InChI is InChI=1S/C24H27ClO3/c1-7-15-13-16(18-12-14(2)8-11-19(18)25)9-10-17(15)20-21(26)23(3,4)28-24(5,6)22(20)27/h8-13,26H,7H2,1-6H3. The molecule has 0 aliphatic carbocycles. The Hall–Kier alpha value is -2.10. The highest BCUT2D eigenvalue weighted by Gasteiger charge is 2.47. The molecule has 1 N–H and O–H groups in total. The van der Waals surface area contributed by atoms with E-state index in [4.69, 9.17) is 16.3 Å². The Balaban J connectivity index is 2.20. The third-order valence-electron chi connectivity index (χ3n) is 5.28. The third kappa shape index (κ3) is 3.49. The van der Waals surface area contributed by atoms with Crippen molar-refractivity contribution in [3.63, 3.8) is 0 Å². The molecule has 0 unspecified atom stereocenters. The fraction of sp³-hybridized carbons (Fsp3) is 0.375. The minimum atomic E-state index is -1.01. The van der Waals surface area contributed by atoms with E-state index in [0.29, 0.717) is 10.6 Å². The number of carbonyl (C=O) groups is 1. The lowest BCUT2D eigenvalue weighted by atomic mass is 9.81. The van der Waals surface area contributed by atoms with E-state index in [0.717, 1.165) is 34.2 Å². The zero-order valence-corrected chi connectivity index (χ0v) is 18.1. The molecule has 0 fully saturated rings. The van der Waals surface area contributed by atoms with E-state index in [9.17, 15) is 9.90 Å². The Labute approximate surface area is 172 Å². The number of ketones is 1. The van der Waals surface area contributed by atoms with E-state index in [-0.39, 0.29) is 11.5 Å². The molecule has 28 heavy (non-hydrogen) atoms. The van der Waals surface area contributed by atoms with E-state index in [1.165, 1.54) is 0 Å². The van der Waals surface area contributed by atoms with E-state index in [1.807, 2.05) is 38.1 Å². The van der Waals surface area contributed by atoms with Crippen LogP contribution < -0.4 is 0 Å². The number of hydrogen-bond acceptors (Lipinski definition) is 3. The van der Waals surface area contributed by atoms with Crippen LogP contribution in [-0.2, 0) is 16.0 Å². The van der Waals surface area contributed by atoms with Crippen molar-refractivity contribution < 1.29 is 14.6 Å². The Morgan fingerprint density at radius 3 is 2.32 bits per heavy atom. The molecular formula is C24H27ClO3. The molecule has 0 saturated carbocycles. The molecule has 1 heterocycles. The summed E-state index contributed by atoms with van der Waals surface area (Å²) in [7, 11) is 0. The molecule has 4 heteroatoms. The second-order valence-corrected chi connectivity index (χ2v) is 8.79. The summed E-state index contributed by atoms with van der Waals surface area (Å²) in [5.41, 5.74) is 3.23. The summed E-state index contributed by atoms with van der Waals surface area (Å²) >= 11 is 6.42. The van der Waals surface area contributed by atoms with Gasteiger partial charge in [0.05, 0.1) is 5.57 Å². The summed E-state index contributed by atoms with van der Waals surface area (Å²) in [6, 6.07) is 11.9. The number of benzene rings is 2. The van der Waals surface area contributed by atoms with Gasteiger partial charge in [0.25, 0.3) is 0 Å². The van der Waals surface area contributed by atoms with Crippen LogP contribution in [0.3, 0.4) is 0 Å². The maximum atomic E-state index is 13.1. The normalized spacial score (nSPS) is 18.5. The number of halogens is 1. The van der Waals surface area contributed by atoms with Crippen LogP contribution in [0.1, 0.15) is 51.3 Å². The molecule has 2 aromatic rings. The Kier molecular flexibility index (Phi) is 5.20. The highest BCUT2D eigenvalue weighted by atomic mass is 35.5. The number of rotatable bonds is 3. The number of carbonyl (C=O) groups excluding carboxylic acids is 1. The van der Waals surface area contributed by atoms with E-state index in [1.54, 1.807) is 27.7 Å². The van der Waals surface area contributed by atoms with Gasteiger partial charge in [0.2, 0.25) is 0 Å². The van der Waals surface area contributed by atoms with E-state index >= 15 is 0 Å². The summed E-state index contributed by atoms with van der Waals surface area (Å²) in [6.45, 7) is 11.1. The van der Waals surface area contributed by atoms with Gasteiger partial charge >= 0.3 is 0 Å². The predicted molar refractivity (Wildman–Crippen MR) is 115 cm³/mol. The van der Waals surface area contributed by atoms with Gasteiger partial charge in [-0.1, -0.05) is 48.4 Å². The van der Waals surface area contributed by atoms with Crippen LogP contribution in [0.15, 0.2) is 42.2 Å². The second-order valence-electron chi connectivity index (χ2n) is 8.38. The number of aliphatic hydroxyl groups excluding tert-OH is 1. The molecule has 0 saturated heterocycles. The number of aliphatic hydroxyl groups is 1. The average Bonchev–Trinajstić information content (AvgIpc) is 2.62. The summed E-state index contributed by atoms with van der Waals surface area (Å²) in [5.74, 6) is -0.228. The predicted octanol–water partition coefficient (Wildman–Crippen LogP) is 6.30. The first-order valence-corrected chi connectivity index (χ1v) is 9.94. The maximum absolute atomic E-state index is 13.1. The molecule has 1 aliphatic rings. The van der Waals surface area contributed by atoms with Crippen LogP contribution in [0.25, 0.3) is 16.7 Å². The van der Waals surface area contributed by atoms with E-state index in [2.05, 4.69) is 12.1 Å². The molecular weight excluding hydrogens is 372 g/mol. The maximum Gasteiger partial charge on any atom is 0.198 e. The van der Waals surface area contributed by atoms with Crippen LogP contribution in [0.4, 0.5) is 0 Å². The highest BCUT2D eigenvalue weighted by Crippen LogP contribution is 2.41. The van der Waals surface area contributed by atoms with Gasteiger partial charge in [-0.25, -0.2) is 0 Å². The van der Waals surface area contributed by atoms with Crippen molar-refractivity contribution in [1.29, 1.82) is 0 Å². The minimum Gasteiger partial charge on any atom is -0.508 e. The van der Waals surface area contributed by atoms with Crippen molar-refractivity contribution in [2.45, 2.75) is 59.2 Å². The molecule has 0 spiro atoms. The highest BCUT2D eigenvalue weighted by molar-refractivity contribution is 6.33. The largest absolute Gasteiger partial charge is 0.508 e. The number of hydrogen-bond donors (Lipinski definition) is 1. The zero-order valence-electron chi connectivity index (χ0n) is 17.3. The Morgan fingerprint density at radius 1 is 1.00 bits per heavy atom. The molecule has 0 radical (unpaired) electrons. The quantitative estimate of drug-likeness (QED) is 0.659. The van der Waals surface area contributed by atoms with Gasteiger partial charge in [-0.2, -0.15) is 0 Å². The number of ether oxygens (including phenoxy) is 1. The molecule has 2 aromatic carbocycles. The van der Waals surface area contributed by atoms with Crippen LogP contribution >= 0.6 is 11.6 Å². The summed E-state index contributed by atoms with van der Waals surface area (Å²) in [5, 5.41) is 11.5. The fourth-order valence-corrected chi connectivity index (χ4v) is 4.08. The SMILES string of the molecule is CCc1cc(-c2cc(C)ccc2Cl)ccc1C1=C(O)C(C)(C)OC(C)(C)C1=O. The van der Waals surface area contributed by atoms with E-state index < -0.39 is 11.2 Å². The van der Waals surface area contributed by atoms with Crippen molar-refractivity contribution in [3.8, 4) is 11.1 Å². The van der Waals surface area contributed by atoms with Gasteiger partial charge in [-0.05, 0) is 69.9 Å². The van der Waals surface area contributed by atoms with Gasteiger partial charge in [0.1, 0.15) is 17.0 Å². The average molecular weight is 399 g/mol. The number of aryl methyl sites for hydroxylation is 2. The Morgan fingerprint density at radius 2 is 1.68 bits per heavy atom. The van der Waals surface area contributed by atoms with Crippen LogP contribution in [0.5, 0.6) is 0 Å². The molecule has 148 valence electrons. The van der Waals surface area contributed by atoms with Gasteiger partial charge in [-0.3, -0.25) is 4.79 Å². The molecule has 0 atom stereocenters. The third-order valence-corrected chi connectivity index (χ3v) is 5.61. The first-order valence-electron chi connectivity index (χ1n) is 9.56. The minimum absolute atomic E-state index is 0.0205.